The van der Waals surface area contributed by atoms with E-state index in [4.69, 9.17) is 0 Å². The van der Waals surface area contributed by atoms with Crippen LogP contribution in [0.25, 0.3) is 10.9 Å². The lowest BCUT2D eigenvalue weighted by molar-refractivity contribution is 0.663. The third-order valence-corrected chi connectivity index (χ3v) is 4.13. The van der Waals surface area contributed by atoms with Crippen LogP contribution in [0.4, 0.5) is 0 Å². The Balaban J connectivity index is 1.61. The van der Waals surface area contributed by atoms with Crippen LogP contribution >= 0.6 is 0 Å². The van der Waals surface area contributed by atoms with Gasteiger partial charge in [-0.3, -0.25) is 4.68 Å². The number of fused-ring (bicyclic) bond motifs is 1. The third kappa shape index (κ3) is 2.56. The quantitative estimate of drug-likeness (QED) is 0.779. The lowest BCUT2D eigenvalue weighted by Crippen LogP contribution is -2.15. The van der Waals surface area contributed by atoms with E-state index in [9.17, 15) is 0 Å². The normalized spacial score (nSPS) is 14.9. The van der Waals surface area contributed by atoms with Crippen LogP contribution in [0.15, 0.2) is 36.8 Å². The molecule has 5 nitrogen and oxygen atoms in total. The minimum atomic E-state index is 0.742. The molecule has 1 aliphatic rings. The van der Waals surface area contributed by atoms with Crippen LogP contribution in [0.5, 0.6) is 0 Å². The number of aryl methyl sites for hydroxylation is 1. The van der Waals surface area contributed by atoms with Gasteiger partial charge in [-0.25, -0.2) is 4.98 Å². The van der Waals surface area contributed by atoms with Crippen molar-refractivity contribution in [2.75, 3.05) is 0 Å². The van der Waals surface area contributed by atoms with E-state index in [1.54, 1.807) is 6.33 Å². The molecule has 108 valence electrons. The molecule has 3 aromatic rings. The lowest BCUT2D eigenvalue weighted by Gasteiger charge is -2.07. The first-order valence-corrected chi connectivity index (χ1v) is 7.43. The van der Waals surface area contributed by atoms with Gasteiger partial charge in [-0.2, -0.15) is 5.10 Å². The van der Waals surface area contributed by atoms with Crippen molar-refractivity contribution in [2.45, 2.75) is 32.0 Å². The first-order chi connectivity index (χ1) is 10.3. The highest BCUT2D eigenvalue weighted by atomic mass is 15.3. The molecule has 2 aromatic heterocycles. The zero-order valence-electron chi connectivity index (χ0n) is 12.2. The third-order valence-electron chi connectivity index (χ3n) is 4.13. The maximum absolute atomic E-state index is 4.31. The van der Waals surface area contributed by atoms with Crippen molar-refractivity contribution in [3.8, 4) is 0 Å². The Kier molecular flexibility index (Phi) is 3.00. The standard InChI is InChI=1S/C16H19N5/c1-20-16(18-11-19-20)10-21-7-6-13-3-2-12(8-15(13)21)9-17-14-4-5-14/h2-3,6-8,11,14,17H,4-5,9-10H2,1H3. The van der Waals surface area contributed by atoms with E-state index in [1.807, 2.05) is 11.7 Å². The van der Waals surface area contributed by atoms with E-state index >= 15 is 0 Å². The molecule has 2 heterocycles. The second-order valence-electron chi connectivity index (χ2n) is 5.79. The topological polar surface area (TPSA) is 47.7 Å². The number of hydrogen-bond acceptors (Lipinski definition) is 3. The first kappa shape index (κ1) is 12.6. The molecule has 21 heavy (non-hydrogen) atoms. The average molecular weight is 281 g/mol. The number of benzene rings is 1. The minimum Gasteiger partial charge on any atom is -0.340 e. The molecule has 0 saturated heterocycles. The van der Waals surface area contributed by atoms with Gasteiger partial charge < -0.3 is 9.88 Å². The summed E-state index contributed by atoms with van der Waals surface area (Å²) < 4.78 is 4.06. The number of hydrogen-bond donors (Lipinski definition) is 1. The van der Waals surface area contributed by atoms with Gasteiger partial charge in [0.1, 0.15) is 12.2 Å². The molecule has 0 aliphatic heterocycles. The summed E-state index contributed by atoms with van der Waals surface area (Å²) in [6.45, 7) is 1.70. The van der Waals surface area contributed by atoms with E-state index in [-0.39, 0.29) is 0 Å². The number of aromatic nitrogens is 4. The molecular formula is C16H19N5. The fraction of sp³-hybridized carbons (Fsp3) is 0.375. The summed E-state index contributed by atoms with van der Waals surface area (Å²) in [6, 6.07) is 9.59. The number of nitrogens with one attached hydrogen (secondary N) is 1. The molecule has 0 spiro atoms. The molecule has 1 aliphatic carbocycles. The summed E-state index contributed by atoms with van der Waals surface area (Å²) in [5, 5.41) is 8.97. The number of nitrogens with zero attached hydrogens (tertiary/aromatic N) is 4. The van der Waals surface area contributed by atoms with Gasteiger partial charge in [0.15, 0.2) is 0 Å². The average Bonchev–Trinajstić information content (AvgIpc) is 3.13. The van der Waals surface area contributed by atoms with Crippen LogP contribution in [0, 0.1) is 0 Å². The van der Waals surface area contributed by atoms with Crippen molar-refractivity contribution in [2.24, 2.45) is 7.05 Å². The molecule has 1 N–H and O–H groups in total. The van der Waals surface area contributed by atoms with Crippen molar-refractivity contribution in [3.05, 3.63) is 48.2 Å². The molecule has 1 saturated carbocycles. The second-order valence-corrected chi connectivity index (χ2v) is 5.79. The highest BCUT2D eigenvalue weighted by Crippen LogP contribution is 2.21. The molecule has 0 bridgehead atoms. The summed E-state index contributed by atoms with van der Waals surface area (Å²) in [6.07, 6.45) is 6.37. The van der Waals surface area contributed by atoms with Gasteiger partial charge in [-0.15, -0.1) is 0 Å². The Morgan fingerprint density at radius 1 is 1.29 bits per heavy atom. The van der Waals surface area contributed by atoms with Crippen LogP contribution in [-0.4, -0.2) is 25.4 Å². The maximum atomic E-state index is 4.31. The lowest BCUT2D eigenvalue weighted by atomic mass is 10.1. The SMILES string of the molecule is Cn1ncnc1Cn1ccc2ccc(CNC3CC3)cc21. The van der Waals surface area contributed by atoms with Crippen LogP contribution in [0.3, 0.4) is 0 Å². The second kappa shape index (κ2) is 5.00. The molecular weight excluding hydrogens is 262 g/mol. The van der Waals surface area contributed by atoms with Crippen LogP contribution in [0.2, 0.25) is 0 Å². The number of rotatable bonds is 5. The predicted octanol–water partition coefficient (Wildman–Crippen LogP) is 2.07. The Bertz CT molecular complexity index is 766. The highest BCUT2D eigenvalue weighted by Gasteiger charge is 2.19. The zero-order valence-corrected chi connectivity index (χ0v) is 12.2. The summed E-state index contributed by atoms with van der Waals surface area (Å²) in [5.41, 5.74) is 2.60. The largest absolute Gasteiger partial charge is 0.340 e. The van der Waals surface area contributed by atoms with Gasteiger partial charge in [0, 0.05) is 31.3 Å². The Morgan fingerprint density at radius 2 is 2.19 bits per heavy atom. The Hall–Kier alpha value is -2.14. The predicted molar refractivity (Wildman–Crippen MR) is 81.9 cm³/mol. The van der Waals surface area contributed by atoms with Crippen molar-refractivity contribution >= 4 is 10.9 Å². The molecule has 1 fully saturated rings. The smallest absolute Gasteiger partial charge is 0.146 e. The fourth-order valence-corrected chi connectivity index (χ4v) is 2.64. The first-order valence-electron chi connectivity index (χ1n) is 7.43. The van der Waals surface area contributed by atoms with Crippen LogP contribution < -0.4 is 5.32 Å². The monoisotopic (exact) mass is 281 g/mol. The van der Waals surface area contributed by atoms with Crippen molar-refractivity contribution in [1.82, 2.24) is 24.6 Å². The van der Waals surface area contributed by atoms with E-state index in [2.05, 4.69) is 50.4 Å². The molecule has 1 aromatic carbocycles. The van der Waals surface area contributed by atoms with Gasteiger partial charge in [-0.05, 0) is 35.9 Å². The van der Waals surface area contributed by atoms with E-state index < -0.39 is 0 Å². The summed E-state index contributed by atoms with van der Waals surface area (Å²) in [4.78, 5) is 4.31. The zero-order chi connectivity index (χ0) is 14.2. The van der Waals surface area contributed by atoms with Crippen molar-refractivity contribution in [3.63, 3.8) is 0 Å². The highest BCUT2D eigenvalue weighted by molar-refractivity contribution is 5.80. The maximum Gasteiger partial charge on any atom is 0.146 e. The summed E-state index contributed by atoms with van der Waals surface area (Å²) in [5.74, 6) is 0.967. The van der Waals surface area contributed by atoms with E-state index in [0.29, 0.717) is 0 Å². The minimum absolute atomic E-state index is 0.742. The summed E-state index contributed by atoms with van der Waals surface area (Å²) >= 11 is 0. The van der Waals surface area contributed by atoms with Gasteiger partial charge in [0.2, 0.25) is 0 Å². The Morgan fingerprint density at radius 3 is 2.95 bits per heavy atom. The van der Waals surface area contributed by atoms with Gasteiger partial charge in [0.25, 0.3) is 0 Å². The van der Waals surface area contributed by atoms with Crippen LogP contribution in [-0.2, 0) is 20.1 Å². The van der Waals surface area contributed by atoms with Gasteiger partial charge in [-0.1, -0.05) is 12.1 Å². The fourth-order valence-electron chi connectivity index (χ4n) is 2.64. The molecule has 5 heteroatoms. The molecule has 0 radical (unpaired) electrons. The molecule has 0 atom stereocenters. The Labute approximate surface area is 123 Å². The summed E-state index contributed by atoms with van der Waals surface area (Å²) in [7, 11) is 1.93. The van der Waals surface area contributed by atoms with Gasteiger partial charge in [0.05, 0.1) is 6.54 Å². The van der Waals surface area contributed by atoms with E-state index in [1.165, 1.54) is 29.3 Å². The van der Waals surface area contributed by atoms with Crippen LogP contribution in [0.1, 0.15) is 24.2 Å². The van der Waals surface area contributed by atoms with Crippen molar-refractivity contribution in [1.29, 1.82) is 0 Å². The van der Waals surface area contributed by atoms with Crippen molar-refractivity contribution < 1.29 is 0 Å². The molecule has 0 unspecified atom stereocenters. The van der Waals surface area contributed by atoms with E-state index in [0.717, 1.165) is 25.0 Å². The molecule has 4 rings (SSSR count). The molecule has 0 amide bonds. The van der Waals surface area contributed by atoms with Gasteiger partial charge >= 0.3 is 0 Å².